The number of rotatable bonds is 7. The number of primary amides is 1. The molecule has 30 heavy (non-hydrogen) atoms. The minimum Gasteiger partial charge on any atom is -0.370 e. The molecular formula is C22H22FN3O2S2. The molecule has 1 aliphatic rings. The van der Waals surface area contributed by atoms with Crippen LogP contribution in [0.25, 0.3) is 0 Å². The molecule has 4 rings (SSSR count). The minimum absolute atomic E-state index is 0.0372. The van der Waals surface area contributed by atoms with Crippen molar-refractivity contribution >= 4 is 40.2 Å². The van der Waals surface area contributed by atoms with Crippen molar-refractivity contribution in [3.05, 3.63) is 74.4 Å². The molecule has 1 aromatic carbocycles. The Kier molecular flexibility index (Phi) is 6.26. The van der Waals surface area contributed by atoms with Crippen molar-refractivity contribution in [2.75, 3.05) is 24.5 Å². The van der Waals surface area contributed by atoms with Crippen LogP contribution in [-0.4, -0.2) is 36.3 Å². The SMILES string of the molecule is NC(=O)CCN(C(=O)CN1CCc2sccc2[C@@H]1c1cccs1)c1ccc(F)cc1. The molecule has 0 saturated carbocycles. The summed E-state index contributed by atoms with van der Waals surface area (Å²) in [6.45, 7) is 1.14. The monoisotopic (exact) mass is 443 g/mol. The van der Waals surface area contributed by atoms with E-state index in [9.17, 15) is 14.0 Å². The largest absolute Gasteiger partial charge is 0.370 e. The first-order chi connectivity index (χ1) is 14.5. The lowest BCUT2D eigenvalue weighted by Gasteiger charge is -2.36. The van der Waals surface area contributed by atoms with Crippen LogP contribution < -0.4 is 10.6 Å². The molecule has 0 saturated heterocycles. The van der Waals surface area contributed by atoms with Gasteiger partial charge in [-0.2, -0.15) is 0 Å². The highest BCUT2D eigenvalue weighted by molar-refractivity contribution is 7.10. The van der Waals surface area contributed by atoms with E-state index in [0.29, 0.717) is 5.69 Å². The van der Waals surface area contributed by atoms with Gasteiger partial charge in [-0.3, -0.25) is 14.5 Å². The normalized spacial score (nSPS) is 16.2. The molecule has 2 N–H and O–H groups in total. The molecule has 0 radical (unpaired) electrons. The van der Waals surface area contributed by atoms with E-state index in [1.54, 1.807) is 34.8 Å². The number of anilines is 1. The molecule has 5 nitrogen and oxygen atoms in total. The summed E-state index contributed by atoms with van der Waals surface area (Å²) in [6.07, 6.45) is 0.951. The Hall–Kier alpha value is -2.55. The van der Waals surface area contributed by atoms with E-state index in [2.05, 4.69) is 22.4 Å². The van der Waals surface area contributed by atoms with Crippen LogP contribution in [0.15, 0.2) is 53.2 Å². The third-order valence-electron chi connectivity index (χ3n) is 5.24. The summed E-state index contributed by atoms with van der Waals surface area (Å²) in [5, 5.41) is 4.15. The quantitative estimate of drug-likeness (QED) is 0.604. The van der Waals surface area contributed by atoms with Crippen molar-refractivity contribution < 1.29 is 14.0 Å². The number of carbonyl (C=O) groups excluding carboxylic acids is 2. The second-order valence-corrected chi connectivity index (χ2v) is 9.16. The Morgan fingerprint density at radius 3 is 2.63 bits per heavy atom. The van der Waals surface area contributed by atoms with Gasteiger partial charge in [0.1, 0.15) is 5.82 Å². The van der Waals surface area contributed by atoms with Crippen LogP contribution in [-0.2, 0) is 16.0 Å². The predicted molar refractivity (Wildman–Crippen MR) is 118 cm³/mol. The van der Waals surface area contributed by atoms with Crippen LogP contribution >= 0.6 is 22.7 Å². The number of hydrogen-bond acceptors (Lipinski definition) is 5. The van der Waals surface area contributed by atoms with Crippen LogP contribution in [0.2, 0.25) is 0 Å². The molecule has 156 valence electrons. The minimum atomic E-state index is -0.479. The maximum absolute atomic E-state index is 13.4. The lowest BCUT2D eigenvalue weighted by molar-refractivity contribution is -0.120. The zero-order chi connectivity index (χ0) is 21.1. The molecule has 2 aromatic heterocycles. The van der Waals surface area contributed by atoms with Gasteiger partial charge in [0.2, 0.25) is 11.8 Å². The second-order valence-electron chi connectivity index (χ2n) is 7.18. The first kappa shape index (κ1) is 20.7. The molecule has 3 heterocycles. The van der Waals surface area contributed by atoms with Crippen LogP contribution in [0.3, 0.4) is 0 Å². The third-order valence-corrected chi connectivity index (χ3v) is 7.16. The molecule has 0 spiro atoms. The first-order valence-electron chi connectivity index (χ1n) is 9.71. The molecular weight excluding hydrogens is 421 g/mol. The van der Waals surface area contributed by atoms with Crippen LogP contribution in [0, 0.1) is 5.82 Å². The number of thiophene rings is 2. The number of amides is 2. The Labute approximate surface area is 182 Å². The number of halogens is 1. The molecule has 0 fully saturated rings. The highest BCUT2D eigenvalue weighted by Gasteiger charge is 2.32. The van der Waals surface area contributed by atoms with E-state index in [0.717, 1.165) is 13.0 Å². The number of nitrogens with zero attached hydrogens (tertiary/aromatic N) is 2. The summed E-state index contributed by atoms with van der Waals surface area (Å²) >= 11 is 3.44. The van der Waals surface area contributed by atoms with Gasteiger partial charge < -0.3 is 10.6 Å². The van der Waals surface area contributed by atoms with E-state index in [4.69, 9.17) is 5.73 Å². The van der Waals surface area contributed by atoms with E-state index < -0.39 is 5.91 Å². The summed E-state index contributed by atoms with van der Waals surface area (Å²) in [6, 6.07) is 12.0. The summed E-state index contributed by atoms with van der Waals surface area (Å²) in [5.74, 6) is -0.991. The lowest BCUT2D eigenvalue weighted by Crippen LogP contribution is -2.45. The summed E-state index contributed by atoms with van der Waals surface area (Å²) in [5.41, 5.74) is 7.13. The fourth-order valence-corrected chi connectivity index (χ4v) is 5.60. The van der Waals surface area contributed by atoms with Crippen molar-refractivity contribution in [2.24, 2.45) is 5.73 Å². The van der Waals surface area contributed by atoms with Crippen LogP contribution in [0.1, 0.15) is 27.8 Å². The van der Waals surface area contributed by atoms with E-state index >= 15 is 0 Å². The number of carbonyl (C=O) groups is 2. The summed E-state index contributed by atoms with van der Waals surface area (Å²) in [7, 11) is 0. The van der Waals surface area contributed by atoms with Crippen molar-refractivity contribution in [3.63, 3.8) is 0 Å². The van der Waals surface area contributed by atoms with Gasteiger partial charge in [-0.15, -0.1) is 22.7 Å². The molecule has 1 aliphatic heterocycles. The van der Waals surface area contributed by atoms with Crippen molar-refractivity contribution in [1.29, 1.82) is 0 Å². The van der Waals surface area contributed by atoms with Gasteiger partial charge in [0.15, 0.2) is 0 Å². The second kappa shape index (κ2) is 9.07. The van der Waals surface area contributed by atoms with Gasteiger partial charge in [0.05, 0.1) is 12.6 Å². The number of hydrogen-bond donors (Lipinski definition) is 1. The van der Waals surface area contributed by atoms with E-state index in [-0.39, 0.29) is 37.3 Å². The van der Waals surface area contributed by atoms with Crippen molar-refractivity contribution in [2.45, 2.75) is 18.9 Å². The Morgan fingerprint density at radius 1 is 1.13 bits per heavy atom. The maximum atomic E-state index is 13.4. The van der Waals surface area contributed by atoms with Crippen LogP contribution in [0.5, 0.6) is 0 Å². The zero-order valence-corrected chi connectivity index (χ0v) is 17.9. The van der Waals surface area contributed by atoms with E-state index in [1.165, 1.54) is 32.4 Å². The molecule has 0 aliphatic carbocycles. The fourth-order valence-electron chi connectivity index (χ4n) is 3.82. The van der Waals surface area contributed by atoms with E-state index in [1.807, 2.05) is 11.4 Å². The maximum Gasteiger partial charge on any atom is 0.241 e. The molecule has 8 heteroatoms. The highest BCUT2D eigenvalue weighted by Crippen LogP contribution is 2.39. The summed E-state index contributed by atoms with van der Waals surface area (Å²) < 4.78 is 13.4. The Morgan fingerprint density at radius 2 is 1.93 bits per heavy atom. The highest BCUT2D eigenvalue weighted by atomic mass is 32.1. The average molecular weight is 444 g/mol. The number of benzene rings is 1. The van der Waals surface area contributed by atoms with Gasteiger partial charge in [-0.05, 0) is 59.1 Å². The fraction of sp³-hybridized carbons (Fsp3) is 0.273. The van der Waals surface area contributed by atoms with Crippen LogP contribution in [0.4, 0.5) is 10.1 Å². The lowest BCUT2D eigenvalue weighted by atomic mass is 9.98. The molecule has 2 amide bonds. The number of nitrogens with two attached hydrogens (primary N) is 1. The predicted octanol–water partition coefficient (Wildman–Crippen LogP) is 3.80. The first-order valence-corrected chi connectivity index (χ1v) is 11.5. The molecule has 3 aromatic rings. The van der Waals surface area contributed by atoms with Gasteiger partial charge in [-0.1, -0.05) is 6.07 Å². The summed E-state index contributed by atoms with van der Waals surface area (Å²) in [4.78, 5) is 30.9. The molecule has 0 bridgehead atoms. The standard InChI is InChI=1S/C22H22FN3O2S2/c23-15-3-5-16(6-4-15)26(11-8-20(24)27)21(28)14-25-10-7-18-17(9-13-30-18)22(25)19-2-1-12-29-19/h1-6,9,12-13,22H,7-8,10-11,14H2,(H2,24,27)/t22-/m1/s1. The molecule has 0 unspecified atom stereocenters. The smallest absolute Gasteiger partial charge is 0.241 e. The average Bonchev–Trinajstić information content (AvgIpc) is 3.41. The third kappa shape index (κ3) is 4.45. The van der Waals surface area contributed by atoms with Gasteiger partial charge in [-0.25, -0.2) is 4.39 Å². The van der Waals surface area contributed by atoms with Crippen molar-refractivity contribution in [1.82, 2.24) is 4.90 Å². The Balaban J connectivity index is 1.59. The van der Waals surface area contributed by atoms with Gasteiger partial charge in [0, 0.05) is 35.0 Å². The van der Waals surface area contributed by atoms with Crippen molar-refractivity contribution in [3.8, 4) is 0 Å². The molecule has 1 atom stereocenters. The van der Waals surface area contributed by atoms with Gasteiger partial charge in [0.25, 0.3) is 0 Å². The Bertz CT molecular complexity index is 1020. The number of fused-ring (bicyclic) bond motifs is 1. The zero-order valence-electron chi connectivity index (χ0n) is 16.3. The topological polar surface area (TPSA) is 66.6 Å². The van der Waals surface area contributed by atoms with Gasteiger partial charge >= 0.3 is 0 Å².